The molecule has 0 aliphatic rings. The third-order valence-electron chi connectivity index (χ3n) is 2.69. The molecule has 0 spiro atoms. The monoisotopic (exact) mass is 297 g/mol. The van der Waals surface area contributed by atoms with Gasteiger partial charge in [0, 0.05) is 6.61 Å². The Bertz CT molecular complexity index is 642. The van der Waals surface area contributed by atoms with E-state index in [1.165, 1.54) is 0 Å². The molecule has 2 heterocycles. The highest BCUT2D eigenvalue weighted by Gasteiger charge is 2.21. The maximum absolute atomic E-state index is 14.0. The van der Waals surface area contributed by atoms with Gasteiger partial charge in [-0.05, 0) is 26.3 Å². The lowest BCUT2D eigenvalue weighted by Gasteiger charge is -2.01. The Hall–Kier alpha value is -1.60. The van der Waals surface area contributed by atoms with Crippen LogP contribution in [-0.2, 0) is 16.1 Å². The molecule has 7 heteroatoms. The number of thiophene rings is 1. The summed E-state index contributed by atoms with van der Waals surface area (Å²) in [7, 11) is 0. The molecule has 0 aromatic carbocycles. The van der Waals surface area contributed by atoms with Crippen LogP contribution >= 0.6 is 11.3 Å². The zero-order chi connectivity index (χ0) is 14.7. The van der Waals surface area contributed by atoms with E-state index in [1.807, 2.05) is 6.92 Å². The van der Waals surface area contributed by atoms with E-state index in [-0.39, 0.29) is 24.4 Å². The summed E-state index contributed by atoms with van der Waals surface area (Å²) in [6, 6.07) is 0. The van der Waals surface area contributed by atoms with E-state index >= 15 is 0 Å². The van der Waals surface area contributed by atoms with Crippen molar-refractivity contribution in [1.29, 1.82) is 0 Å². The third-order valence-corrected chi connectivity index (χ3v) is 3.85. The van der Waals surface area contributed by atoms with E-state index in [0.29, 0.717) is 21.9 Å². The van der Waals surface area contributed by atoms with Crippen LogP contribution in [0.2, 0.25) is 0 Å². The minimum absolute atomic E-state index is 0.148. The summed E-state index contributed by atoms with van der Waals surface area (Å²) in [5, 5.41) is 0.276. The van der Waals surface area contributed by atoms with Gasteiger partial charge >= 0.3 is 5.97 Å². The van der Waals surface area contributed by atoms with Crippen LogP contribution in [0.25, 0.3) is 10.2 Å². The fourth-order valence-corrected chi connectivity index (χ4v) is 2.86. The Morgan fingerprint density at radius 1 is 1.30 bits per heavy atom. The summed E-state index contributed by atoms with van der Waals surface area (Å²) in [5.74, 6) is -0.818. The zero-order valence-corrected chi connectivity index (χ0v) is 12.3. The maximum Gasteiger partial charge on any atom is 0.348 e. The van der Waals surface area contributed by atoms with Crippen LogP contribution in [0.4, 0.5) is 4.39 Å². The van der Waals surface area contributed by atoms with E-state index in [4.69, 9.17) is 9.47 Å². The molecular formula is C13H15FN2O3S. The number of rotatable bonds is 5. The van der Waals surface area contributed by atoms with Crippen LogP contribution in [0.5, 0.6) is 0 Å². The van der Waals surface area contributed by atoms with Crippen molar-refractivity contribution in [2.45, 2.75) is 27.4 Å². The van der Waals surface area contributed by atoms with Gasteiger partial charge in [-0.3, -0.25) is 0 Å². The van der Waals surface area contributed by atoms with Crippen molar-refractivity contribution in [1.82, 2.24) is 9.97 Å². The molecule has 0 atom stereocenters. The molecule has 2 aromatic heterocycles. The second kappa shape index (κ2) is 6.23. The van der Waals surface area contributed by atoms with Crippen LogP contribution in [-0.4, -0.2) is 29.2 Å². The van der Waals surface area contributed by atoms with Gasteiger partial charge in [0.05, 0.1) is 12.0 Å². The highest BCUT2D eigenvalue weighted by atomic mass is 32.1. The van der Waals surface area contributed by atoms with Gasteiger partial charge in [-0.25, -0.2) is 14.8 Å². The molecular weight excluding hydrogens is 282 g/mol. The van der Waals surface area contributed by atoms with Crippen molar-refractivity contribution in [3.05, 3.63) is 22.2 Å². The number of nitrogens with zero attached hydrogens (tertiary/aromatic N) is 2. The summed E-state index contributed by atoms with van der Waals surface area (Å²) in [4.78, 5) is 20.6. The average molecular weight is 297 g/mol. The van der Waals surface area contributed by atoms with Crippen LogP contribution in [0.15, 0.2) is 0 Å². The predicted octanol–water partition coefficient (Wildman–Crippen LogP) is 2.85. The summed E-state index contributed by atoms with van der Waals surface area (Å²) in [6.07, 6.45) is 0. The SMILES string of the molecule is CCOCc1nc([18F])c2c(C)c(C(=O)OCC)sc2n1. The number of fused-ring (bicyclic) bond motifs is 1. The van der Waals surface area contributed by atoms with Gasteiger partial charge in [0.1, 0.15) is 16.3 Å². The lowest BCUT2D eigenvalue weighted by Crippen LogP contribution is -2.03. The smallest absolute Gasteiger partial charge is 0.348 e. The fraction of sp³-hybridized carbons (Fsp3) is 0.462. The number of esters is 1. The van der Waals surface area contributed by atoms with E-state index in [2.05, 4.69) is 9.97 Å². The number of ether oxygens (including phenoxy) is 2. The number of hydrogen-bond acceptors (Lipinski definition) is 6. The maximum atomic E-state index is 14.0. The van der Waals surface area contributed by atoms with Crippen molar-refractivity contribution < 1.29 is 18.7 Å². The Morgan fingerprint density at radius 3 is 2.70 bits per heavy atom. The molecule has 0 radical (unpaired) electrons. The molecule has 108 valence electrons. The van der Waals surface area contributed by atoms with Crippen molar-refractivity contribution >= 4 is 27.5 Å². The molecule has 0 fully saturated rings. The molecule has 0 aliphatic heterocycles. The molecule has 0 saturated heterocycles. The largest absolute Gasteiger partial charge is 0.462 e. The van der Waals surface area contributed by atoms with Gasteiger partial charge in [0.2, 0.25) is 5.95 Å². The Balaban J connectivity index is 2.47. The number of hydrogen-bond donors (Lipinski definition) is 0. The Labute approximate surface area is 119 Å². The molecule has 2 aromatic rings. The molecule has 0 unspecified atom stereocenters. The van der Waals surface area contributed by atoms with Crippen LogP contribution in [0, 0.1) is 12.9 Å². The molecule has 0 bridgehead atoms. The minimum atomic E-state index is -0.631. The van der Waals surface area contributed by atoms with Crippen LogP contribution in [0.3, 0.4) is 0 Å². The van der Waals surface area contributed by atoms with Gasteiger partial charge in [0.15, 0.2) is 5.82 Å². The topological polar surface area (TPSA) is 61.3 Å². The van der Waals surface area contributed by atoms with E-state index in [9.17, 15) is 9.18 Å². The Morgan fingerprint density at radius 2 is 2.05 bits per heavy atom. The van der Waals surface area contributed by atoms with E-state index < -0.39 is 11.9 Å². The zero-order valence-electron chi connectivity index (χ0n) is 11.5. The number of aromatic nitrogens is 2. The molecule has 2 rings (SSSR count). The first kappa shape index (κ1) is 14.8. The highest BCUT2D eigenvalue weighted by Crippen LogP contribution is 2.31. The normalized spacial score (nSPS) is 11.0. The standard InChI is InChI=1S/C13H15FN2O3S/c1-4-18-6-8-15-11(14)9-7(3)10(13(17)19-5-2)20-12(9)16-8/h4-6H2,1-3H3/i14-1. The highest BCUT2D eigenvalue weighted by molar-refractivity contribution is 7.20. The quantitative estimate of drug-likeness (QED) is 0.627. The number of aryl methyl sites for hydroxylation is 1. The molecule has 0 N–H and O–H groups in total. The average Bonchev–Trinajstić information content (AvgIpc) is 2.74. The summed E-state index contributed by atoms with van der Waals surface area (Å²) in [5.41, 5.74) is 0.518. The number of carbonyl (C=O) groups excluding carboxylic acids is 1. The van der Waals surface area contributed by atoms with Crippen molar-refractivity contribution in [3.8, 4) is 0 Å². The van der Waals surface area contributed by atoms with Crippen LogP contribution < -0.4 is 0 Å². The number of carbonyl (C=O) groups is 1. The number of halogens is 1. The first-order chi connectivity index (χ1) is 9.58. The Kier molecular flexibility index (Phi) is 4.61. The lowest BCUT2D eigenvalue weighted by molar-refractivity contribution is 0.0531. The van der Waals surface area contributed by atoms with Gasteiger partial charge < -0.3 is 9.47 Å². The molecule has 0 saturated carbocycles. The predicted molar refractivity (Wildman–Crippen MR) is 73.4 cm³/mol. The van der Waals surface area contributed by atoms with Gasteiger partial charge in [-0.15, -0.1) is 11.3 Å². The van der Waals surface area contributed by atoms with Crippen molar-refractivity contribution in [2.75, 3.05) is 13.2 Å². The minimum Gasteiger partial charge on any atom is -0.462 e. The molecule has 20 heavy (non-hydrogen) atoms. The van der Waals surface area contributed by atoms with E-state index in [0.717, 1.165) is 11.3 Å². The first-order valence-electron chi connectivity index (χ1n) is 6.28. The third kappa shape index (κ3) is 2.78. The molecule has 5 nitrogen and oxygen atoms in total. The fourth-order valence-electron chi connectivity index (χ4n) is 1.78. The molecule has 0 amide bonds. The lowest BCUT2D eigenvalue weighted by atomic mass is 10.2. The second-order valence-electron chi connectivity index (χ2n) is 4.02. The van der Waals surface area contributed by atoms with Gasteiger partial charge in [0.25, 0.3) is 0 Å². The summed E-state index contributed by atoms with van der Waals surface area (Å²) < 4.78 is 24.2. The summed E-state index contributed by atoms with van der Waals surface area (Å²) in [6.45, 7) is 6.15. The van der Waals surface area contributed by atoms with Crippen LogP contribution in [0.1, 0.15) is 34.9 Å². The van der Waals surface area contributed by atoms with Gasteiger partial charge in [-0.1, -0.05) is 0 Å². The van der Waals surface area contributed by atoms with Gasteiger partial charge in [-0.2, -0.15) is 4.39 Å². The second-order valence-corrected chi connectivity index (χ2v) is 5.02. The summed E-state index contributed by atoms with van der Waals surface area (Å²) >= 11 is 1.11. The van der Waals surface area contributed by atoms with Crippen molar-refractivity contribution in [3.63, 3.8) is 0 Å². The molecule has 0 aliphatic carbocycles. The first-order valence-corrected chi connectivity index (χ1v) is 7.10. The van der Waals surface area contributed by atoms with E-state index in [1.54, 1.807) is 13.8 Å². The van der Waals surface area contributed by atoms with Crippen molar-refractivity contribution in [2.24, 2.45) is 0 Å².